The van der Waals surface area contributed by atoms with Gasteiger partial charge >= 0.3 is 6.09 Å². The lowest BCUT2D eigenvalue weighted by atomic mass is 9.77. The molecule has 2 aliphatic heterocycles. The number of hydrogen-bond donors (Lipinski definition) is 3. The Morgan fingerprint density at radius 2 is 1.93 bits per heavy atom. The summed E-state index contributed by atoms with van der Waals surface area (Å²) in [6, 6.07) is 1.48. The second kappa shape index (κ2) is 12.5. The smallest absolute Gasteiger partial charge is 0.407 e. The number of nitrogens with zero attached hydrogens (tertiary/aromatic N) is 5. The summed E-state index contributed by atoms with van der Waals surface area (Å²) in [6.07, 6.45) is 0.0117. The van der Waals surface area contributed by atoms with E-state index in [4.69, 9.17) is 25.9 Å². The Morgan fingerprint density at radius 3 is 2.55 bits per heavy atom. The number of aliphatic hydroxyl groups is 2. The fraction of sp³-hybridized carbons (Fsp3) is 0.655. The molecule has 44 heavy (non-hydrogen) atoms. The van der Waals surface area contributed by atoms with Crippen LogP contribution >= 0.6 is 11.6 Å². The van der Waals surface area contributed by atoms with Crippen molar-refractivity contribution in [2.24, 2.45) is 5.16 Å². The molecular weight excluding hydrogens is 604 g/mol. The van der Waals surface area contributed by atoms with Gasteiger partial charge in [-0.2, -0.15) is 0 Å². The minimum absolute atomic E-state index is 0.0164. The number of carbonyl (C=O) groups is 1. The van der Waals surface area contributed by atoms with Crippen LogP contribution in [0.5, 0.6) is 0 Å². The summed E-state index contributed by atoms with van der Waals surface area (Å²) < 4.78 is 41.9. The van der Waals surface area contributed by atoms with E-state index in [0.717, 1.165) is 0 Å². The summed E-state index contributed by atoms with van der Waals surface area (Å²) in [7, 11) is 1.45. The zero-order valence-corrected chi connectivity index (χ0v) is 25.7. The Balaban J connectivity index is 1.30. The molecule has 5 rings (SSSR count). The van der Waals surface area contributed by atoms with Crippen LogP contribution in [-0.4, -0.2) is 102 Å². The average molecular weight is 642 g/mol. The number of rotatable bonds is 7. The van der Waals surface area contributed by atoms with E-state index in [2.05, 4.69) is 15.5 Å². The van der Waals surface area contributed by atoms with Gasteiger partial charge in [0.1, 0.15) is 35.6 Å². The van der Waals surface area contributed by atoms with E-state index in [-0.39, 0.29) is 28.7 Å². The Bertz CT molecular complexity index is 1390. The van der Waals surface area contributed by atoms with Crippen LogP contribution in [0.1, 0.15) is 65.3 Å². The van der Waals surface area contributed by atoms with E-state index in [9.17, 15) is 28.9 Å². The van der Waals surface area contributed by atoms with Crippen LogP contribution in [0.15, 0.2) is 23.5 Å². The van der Waals surface area contributed by atoms with Crippen LogP contribution < -0.4 is 0 Å². The third-order valence-corrected chi connectivity index (χ3v) is 9.15. The number of amides is 1. The fourth-order valence-corrected chi connectivity index (χ4v) is 6.93. The normalized spacial score (nSPS) is 30.7. The average Bonchev–Trinajstić information content (AvgIpc) is 3.60. The molecule has 3 aliphatic rings. The molecule has 0 radical (unpaired) electrons. The van der Waals surface area contributed by atoms with Crippen molar-refractivity contribution in [1.29, 1.82) is 0 Å². The monoisotopic (exact) mass is 641 g/mol. The van der Waals surface area contributed by atoms with Crippen molar-refractivity contribution in [2.75, 3.05) is 13.7 Å². The lowest BCUT2D eigenvalue weighted by Crippen LogP contribution is -2.57. The first kappa shape index (κ1) is 32.5. The van der Waals surface area contributed by atoms with Crippen LogP contribution in [0.3, 0.4) is 0 Å². The van der Waals surface area contributed by atoms with Gasteiger partial charge < -0.3 is 34.5 Å². The molecule has 3 N–H and O–H groups in total. The second-order valence-corrected chi connectivity index (χ2v) is 13.2. The molecule has 1 aliphatic carbocycles. The number of halogens is 3. The quantitative estimate of drug-likeness (QED) is 0.378. The Hall–Kier alpha value is -2.91. The third kappa shape index (κ3) is 6.14. The predicted molar refractivity (Wildman–Crippen MR) is 154 cm³/mol. The predicted octanol–water partition coefficient (Wildman–Crippen LogP) is 4.18. The first-order chi connectivity index (χ1) is 20.8. The first-order valence-corrected chi connectivity index (χ1v) is 15.0. The van der Waals surface area contributed by atoms with Gasteiger partial charge in [0.05, 0.1) is 29.6 Å². The number of carboxylic acid groups (broad SMARTS) is 1. The van der Waals surface area contributed by atoms with Crippen LogP contribution in [-0.2, 0) is 14.3 Å². The zero-order valence-electron chi connectivity index (χ0n) is 25.0. The summed E-state index contributed by atoms with van der Waals surface area (Å²) in [5, 5.41) is 43.0. The molecule has 1 aromatic heterocycles. The van der Waals surface area contributed by atoms with Crippen molar-refractivity contribution in [3.63, 3.8) is 0 Å². The molecule has 0 unspecified atom stereocenters. The molecule has 3 heterocycles. The van der Waals surface area contributed by atoms with Crippen LogP contribution in [0.25, 0.3) is 11.3 Å². The molecule has 242 valence electrons. The highest BCUT2D eigenvalue weighted by Crippen LogP contribution is 2.43. The Kier molecular flexibility index (Phi) is 9.21. The van der Waals surface area contributed by atoms with Gasteiger partial charge in [0.25, 0.3) is 0 Å². The highest BCUT2D eigenvalue weighted by atomic mass is 35.5. The maximum absolute atomic E-state index is 14.6. The summed E-state index contributed by atoms with van der Waals surface area (Å²) in [4.78, 5) is 19.5. The van der Waals surface area contributed by atoms with Crippen molar-refractivity contribution in [1.82, 2.24) is 19.9 Å². The molecule has 1 saturated heterocycles. The number of ether oxygens (including phenoxy) is 2. The van der Waals surface area contributed by atoms with Crippen molar-refractivity contribution in [3.8, 4) is 11.3 Å². The molecule has 0 bridgehead atoms. The van der Waals surface area contributed by atoms with Gasteiger partial charge in [-0.1, -0.05) is 22.0 Å². The third-order valence-electron chi connectivity index (χ3n) is 8.85. The Morgan fingerprint density at radius 1 is 1.23 bits per heavy atom. The van der Waals surface area contributed by atoms with E-state index < -0.39 is 65.9 Å². The molecule has 5 atom stereocenters. The van der Waals surface area contributed by atoms with Crippen LogP contribution in [0.4, 0.5) is 13.6 Å². The highest BCUT2D eigenvalue weighted by molar-refractivity contribution is 6.30. The minimum Gasteiger partial charge on any atom is -0.465 e. The molecule has 1 saturated carbocycles. The van der Waals surface area contributed by atoms with Crippen molar-refractivity contribution in [3.05, 3.63) is 35.0 Å². The van der Waals surface area contributed by atoms with E-state index in [1.54, 1.807) is 0 Å². The maximum atomic E-state index is 14.6. The lowest BCUT2D eigenvalue weighted by molar-refractivity contribution is -0.210. The van der Waals surface area contributed by atoms with Gasteiger partial charge in [-0.3, -0.25) is 0 Å². The second-order valence-electron chi connectivity index (χ2n) is 12.8. The largest absolute Gasteiger partial charge is 0.465 e. The van der Waals surface area contributed by atoms with Crippen LogP contribution in [0, 0.1) is 11.6 Å². The van der Waals surface area contributed by atoms with Crippen LogP contribution in [0.2, 0.25) is 5.02 Å². The van der Waals surface area contributed by atoms with Gasteiger partial charge in [0, 0.05) is 37.1 Å². The number of oxime groups is 1. The minimum atomic E-state index is -1.27. The molecule has 1 aromatic carbocycles. The standard InChI is InChI=1S/C29H38ClF2N5O7/c1-28(2,3)37(27(40)41)16-7-9-29(10-8-16)12-15(34-44-29)11-20-26(42-4)24(25(39)21(14-38)43-20)36-13-19(33-35-36)17-5-6-18(30)23(32)22(17)31/h5-6,13,16,20-21,24-26,38-39H,7-12,14H2,1-4H3,(H,40,41)/t16?,20-,21-,24+,25+,26+,29?/m1/s1. The topological polar surface area (TPSA) is 152 Å². The molecule has 1 spiro atoms. The lowest BCUT2D eigenvalue weighted by Gasteiger charge is -2.44. The SMILES string of the molecule is CO[C@@H]1[C@@H](n2cc(-c3ccc(Cl)c(F)c3F)nn2)[C@@H](O)[C@@H](CO)O[C@@H]1CC1=NOC2(CCC(N(C(=O)O)C(C)(C)C)CC2)C1. The van der Waals surface area contributed by atoms with Gasteiger partial charge in [0.15, 0.2) is 11.6 Å². The summed E-state index contributed by atoms with van der Waals surface area (Å²) in [5.74, 6) is -2.39. The molecular formula is C29H38ClF2N5O7. The number of benzene rings is 1. The molecule has 2 aromatic rings. The van der Waals surface area contributed by atoms with Crippen molar-refractivity contribution >= 4 is 23.4 Å². The van der Waals surface area contributed by atoms with E-state index >= 15 is 0 Å². The molecule has 12 nitrogen and oxygen atoms in total. The summed E-state index contributed by atoms with van der Waals surface area (Å²) in [5.41, 5.74) is -0.496. The van der Waals surface area contributed by atoms with Crippen molar-refractivity contribution in [2.45, 2.75) is 107 Å². The molecule has 15 heteroatoms. The Labute approximate surface area is 258 Å². The number of aromatic nitrogens is 3. The summed E-state index contributed by atoms with van der Waals surface area (Å²) in [6.45, 7) is 5.16. The number of aliphatic hydroxyl groups excluding tert-OH is 2. The van der Waals surface area contributed by atoms with Gasteiger partial charge in [-0.25, -0.2) is 18.3 Å². The number of hydrogen-bond acceptors (Lipinski definition) is 9. The zero-order chi connectivity index (χ0) is 32.0. The van der Waals surface area contributed by atoms with E-state index in [0.29, 0.717) is 37.8 Å². The van der Waals surface area contributed by atoms with E-state index in [1.165, 1.54) is 35.0 Å². The maximum Gasteiger partial charge on any atom is 0.407 e. The fourth-order valence-electron chi connectivity index (χ4n) is 6.78. The summed E-state index contributed by atoms with van der Waals surface area (Å²) >= 11 is 5.68. The molecule has 2 fully saturated rings. The van der Waals surface area contributed by atoms with Crippen molar-refractivity contribution < 1.29 is 43.2 Å². The van der Waals surface area contributed by atoms with Gasteiger partial charge in [-0.15, -0.1) is 5.10 Å². The molecule has 1 amide bonds. The highest BCUT2D eigenvalue weighted by Gasteiger charge is 2.50. The number of methoxy groups -OCH3 is 1. The van der Waals surface area contributed by atoms with Gasteiger partial charge in [-0.05, 0) is 58.6 Å². The van der Waals surface area contributed by atoms with E-state index in [1.807, 2.05) is 20.8 Å². The van der Waals surface area contributed by atoms with Gasteiger partial charge in [0.2, 0.25) is 0 Å². The first-order valence-electron chi connectivity index (χ1n) is 14.6.